The minimum atomic E-state index is -5.09. The monoisotopic (exact) mass is 409 g/mol. The summed E-state index contributed by atoms with van der Waals surface area (Å²) in [7, 11) is 0. The van der Waals surface area contributed by atoms with Gasteiger partial charge in [0.1, 0.15) is 6.33 Å². The molecule has 1 aliphatic rings. The number of carbonyl (C=O) groups is 2. The fourth-order valence-corrected chi connectivity index (χ4v) is 3.95. The number of urea groups is 1. The first-order valence-corrected chi connectivity index (χ1v) is 8.68. The van der Waals surface area contributed by atoms with Crippen LogP contribution in [0.2, 0.25) is 0 Å². The first-order valence-electron chi connectivity index (χ1n) is 8.68. The first kappa shape index (κ1) is 20.5. The smallest absolute Gasteiger partial charge is 0.431 e. The molecule has 2 unspecified atom stereocenters. The number of piperidine rings is 1. The van der Waals surface area contributed by atoms with Gasteiger partial charge in [-0.15, -0.1) is 0 Å². The Kier molecular flexibility index (Phi) is 5.16. The molecule has 0 aromatic carbocycles. The zero-order chi connectivity index (χ0) is 21.3. The molecule has 3 heterocycles. The molecule has 11 heteroatoms. The van der Waals surface area contributed by atoms with Gasteiger partial charge in [-0.2, -0.15) is 13.2 Å². The van der Waals surface area contributed by atoms with Crippen LogP contribution in [0.25, 0.3) is 0 Å². The Labute approximate surface area is 163 Å². The van der Waals surface area contributed by atoms with Crippen LogP contribution in [-0.2, 0) is 10.3 Å². The van der Waals surface area contributed by atoms with Crippen LogP contribution in [0.15, 0.2) is 43.0 Å². The standard InChI is InChI=1S/C18H18F3N5O3/c1-12(27)17(13-6-9-23-11-25-13)16(18(19,20)21,7-4-10-26(17)15(22)28)29-14-5-2-3-8-24-14/h2-3,5-6,8-9,11H,4,7,10H2,1H3,(H2,22,28). The Morgan fingerprint density at radius 3 is 2.48 bits per heavy atom. The van der Waals surface area contributed by atoms with E-state index >= 15 is 0 Å². The minimum absolute atomic E-state index is 0.102. The van der Waals surface area contributed by atoms with Crippen molar-refractivity contribution in [2.45, 2.75) is 37.1 Å². The number of Topliss-reactive ketones (excluding diaryl/α,β-unsaturated/α-hetero) is 1. The summed E-state index contributed by atoms with van der Waals surface area (Å²) in [5.41, 5.74) is -0.734. The van der Waals surface area contributed by atoms with Gasteiger partial charge >= 0.3 is 12.2 Å². The van der Waals surface area contributed by atoms with Crippen molar-refractivity contribution in [1.82, 2.24) is 19.9 Å². The van der Waals surface area contributed by atoms with Gasteiger partial charge in [0.2, 0.25) is 11.5 Å². The molecule has 2 amide bonds. The molecular weight excluding hydrogens is 391 g/mol. The van der Waals surface area contributed by atoms with E-state index in [1.165, 1.54) is 30.6 Å². The van der Waals surface area contributed by atoms with E-state index < -0.39 is 35.6 Å². The molecule has 29 heavy (non-hydrogen) atoms. The summed E-state index contributed by atoms with van der Waals surface area (Å²) in [6.07, 6.45) is -2.36. The number of primary amides is 1. The molecule has 1 saturated heterocycles. The van der Waals surface area contributed by atoms with E-state index in [9.17, 15) is 22.8 Å². The molecule has 0 saturated carbocycles. The number of ether oxygens (including phenoxy) is 1. The van der Waals surface area contributed by atoms with E-state index in [1.54, 1.807) is 0 Å². The van der Waals surface area contributed by atoms with Gasteiger partial charge < -0.3 is 15.4 Å². The van der Waals surface area contributed by atoms with Gasteiger partial charge in [0.05, 0.1) is 5.69 Å². The molecule has 1 aliphatic heterocycles. The van der Waals surface area contributed by atoms with Gasteiger partial charge in [-0.25, -0.2) is 19.7 Å². The van der Waals surface area contributed by atoms with Crippen LogP contribution in [0.4, 0.5) is 18.0 Å². The lowest BCUT2D eigenvalue weighted by Crippen LogP contribution is -2.77. The van der Waals surface area contributed by atoms with Crippen LogP contribution >= 0.6 is 0 Å². The summed E-state index contributed by atoms with van der Waals surface area (Å²) < 4.78 is 49.7. The molecule has 0 aliphatic carbocycles. The Morgan fingerprint density at radius 2 is 1.97 bits per heavy atom. The van der Waals surface area contributed by atoms with E-state index in [4.69, 9.17) is 10.5 Å². The van der Waals surface area contributed by atoms with Crippen molar-refractivity contribution in [1.29, 1.82) is 0 Å². The number of rotatable bonds is 4. The van der Waals surface area contributed by atoms with Crippen LogP contribution in [0, 0.1) is 0 Å². The SMILES string of the molecule is CC(=O)C1(c2ccncn2)N(C(N)=O)CCCC1(Oc1ccccn1)C(F)(F)F. The Morgan fingerprint density at radius 1 is 1.21 bits per heavy atom. The Hall–Kier alpha value is -3.24. The second-order valence-electron chi connectivity index (χ2n) is 6.55. The third-order valence-corrected chi connectivity index (χ3v) is 5.00. The van der Waals surface area contributed by atoms with Gasteiger partial charge in [0, 0.05) is 31.4 Å². The minimum Gasteiger partial charge on any atom is -0.458 e. The maximum atomic E-state index is 14.7. The number of nitrogens with zero attached hydrogens (tertiary/aromatic N) is 4. The molecular formula is C18H18F3N5O3. The van der Waals surface area contributed by atoms with Crippen LogP contribution in [-0.4, -0.2) is 50.0 Å². The van der Waals surface area contributed by atoms with Crippen molar-refractivity contribution in [2.75, 3.05) is 6.54 Å². The number of pyridine rings is 1. The van der Waals surface area contributed by atoms with Crippen LogP contribution in [0.1, 0.15) is 25.5 Å². The highest BCUT2D eigenvalue weighted by molar-refractivity contribution is 5.93. The zero-order valence-electron chi connectivity index (χ0n) is 15.4. The predicted molar refractivity (Wildman–Crippen MR) is 93.6 cm³/mol. The van der Waals surface area contributed by atoms with E-state index in [0.717, 1.165) is 19.3 Å². The van der Waals surface area contributed by atoms with Crippen molar-refractivity contribution in [3.8, 4) is 5.88 Å². The number of ketones is 1. The highest BCUT2D eigenvalue weighted by Gasteiger charge is 2.76. The van der Waals surface area contributed by atoms with Gasteiger partial charge in [-0.3, -0.25) is 4.79 Å². The first-order chi connectivity index (χ1) is 13.7. The van der Waals surface area contributed by atoms with E-state index in [2.05, 4.69) is 15.0 Å². The molecule has 2 N–H and O–H groups in total. The van der Waals surface area contributed by atoms with Crippen molar-refractivity contribution >= 4 is 11.8 Å². The van der Waals surface area contributed by atoms with Gasteiger partial charge in [-0.1, -0.05) is 6.07 Å². The lowest BCUT2D eigenvalue weighted by atomic mass is 9.67. The lowest BCUT2D eigenvalue weighted by molar-refractivity contribution is -0.297. The lowest BCUT2D eigenvalue weighted by Gasteiger charge is -2.55. The maximum absolute atomic E-state index is 14.7. The number of nitrogens with two attached hydrogens (primary N) is 1. The number of aromatic nitrogens is 3. The summed E-state index contributed by atoms with van der Waals surface area (Å²) in [6.45, 7) is 0.772. The van der Waals surface area contributed by atoms with Gasteiger partial charge in [0.15, 0.2) is 11.3 Å². The van der Waals surface area contributed by atoms with Crippen molar-refractivity contribution in [3.63, 3.8) is 0 Å². The number of amides is 2. The molecule has 2 aromatic heterocycles. The van der Waals surface area contributed by atoms with Crippen LogP contribution in [0.3, 0.4) is 0 Å². The van der Waals surface area contributed by atoms with Gasteiger partial charge in [-0.05, 0) is 25.5 Å². The molecule has 2 atom stereocenters. The van der Waals surface area contributed by atoms with Crippen molar-refractivity contribution in [2.24, 2.45) is 5.73 Å². The van der Waals surface area contributed by atoms with Crippen LogP contribution < -0.4 is 10.5 Å². The fourth-order valence-electron chi connectivity index (χ4n) is 3.95. The zero-order valence-corrected chi connectivity index (χ0v) is 15.4. The fraction of sp³-hybridized carbons (Fsp3) is 0.389. The number of alkyl halides is 3. The molecule has 2 aromatic rings. The van der Waals surface area contributed by atoms with Gasteiger partial charge in [0.25, 0.3) is 0 Å². The largest absolute Gasteiger partial charge is 0.458 e. The molecule has 0 radical (unpaired) electrons. The normalized spacial score (nSPS) is 24.8. The van der Waals surface area contributed by atoms with E-state index in [1.807, 2.05) is 0 Å². The summed E-state index contributed by atoms with van der Waals surface area (Å²) >= 11 is 0. The van der Waals surface area contributed by atoms with E-state index in [-0.39, 0.29) is 24.5 Å². The molecule has 8 nitrogen and oxygen atoms in total. The third kappa shape index (κ3) is 3.06. The number of hydrogen-bond acceptors (Lipinski definition) is 6. The van der Waals surface area contributed by atoms with Crippen molar-refractivity contribution < 1.29 is 27.5 Å². The van der Waals surface area contributed by atoms with Crippen LogP contribution in [0.5, 0.6) is 5.88 Å². The number of carbonyl (C=O) groups excluding carboxylic acids is 2. The summed E-state index contributed by atoms with van der Waals surface area (Å²) in [6, 6.07) is 4.14. The second kappa shape index (κ2) is 7.30. The number of likely N-dealkylation sites (tertiary alicyclic amines) is 1. The maximum Gasteiger partial charge on any atom is 0.431 e. The average molecular weight is 409 g/mol. The summed E-state index contributed by atoms with van der Waals surface area (Å²) in [5, 5.41) is 0. The van der Waals surface area contributed by atoms with Crippen molar-refractivity contribution in [3.05, 3.63) is 48.7 Å². The molecule has 154 valence electrons. The Balaban J connectivity index is 2.39. The summed E-state index contributed by atoms with van der Waals surface area (Å²) in [4.78, 5) is 37.3. The Bertz CT molecular complexity index is 897. The van der Waals surface area contributed by atoms with E-state index in [0.29, 0.717) is 4.90 Å². The molecule has 0 spiro atoms. The molecule has 3 rings (SSSR count). The average Bonchev–Trinajstić information content (AvgIpc) is 2.68. The number of halogens is 3. The highest BCUT2D eigenvalue weighted by atomic mass is 19.4. The highest BCUT2D eigenvalue weighted by Crippen LogP contribution is 2.54. The second-order valence-corrected chi connectivity index (χ2v) is 6.55. The predicted octanol–water partition coefficient (Wildman–Crippen LogP) is 2.21. The topological polar surface area (TPSA) is 111 Å². The number of hydrogen-bond donors (Lipinski definition) is 1. The third-order valence-electron chi connectivity index (χ3n) is 5.00. The molecule has 1 fully saturated rings. The molecule has 0 bridgehead atoms. The quantitative estimate of drug-likeness (QED) is 0.829. The summed E-state index contributed by atoms with van der Waals surface area (Å²) in [5.74, 6) is -1.35.